The Morgan fingerprint density at radius 2 is 1.53 bits per heavy atom. The van der Waals surface area contributed by atoms with Crippen molar-refractivity contribution in [1.29, 1.82) is 0 Å². The zero-order valence-electron chi connectivity index (χ0n) is 18.7. The number of hydrogen-bond donors (Lipinski definition) is 0. The summed E-state index contributed by atoms with van der Waals surface area (Å²) in [6.45, 7) is 6.71. The summed E-state index contributed by atoms with van der Waals surface area (Å²) in [6, 6.07) is 25.1. The van der Waals surface area contributed by atoms with Crippen LogP contribution in [0.15, 0.2) is 79.0 Å². The zero-order chi connectivity index (χ0) is 22.1. The lowest BCUT2D eigenvalue weighted by atomic mass is 9.89. The van der Waals surface area contributed by atoms with Crippen molar-refractivity contribution >= 4 is 10.9 Å². The summed E-state index contributed by atoms with van der Waals surface area (Å²) in [5.74, 6) is 0.404. The first-order valence-electron chi connectivity index (χ1n) is 11.5. The maximum absolute atomic E-state index is 13.0. The molecule has 0 amide bonds. The van der Waals surface area contributed by atoms with E-state index in [1.165, 1.54) is 0 Å². The smallest absolute Gasteiger partial charge is 0.250 e. The highest BCUT2D eigenvalue weighted by molar-refractivity contribution is 5.99. The molecule has 1 fully saturated rings. The van der Waals surface area contributed by atoms with Crippen molar-refractivity contribution in [2.45, 2.75) is 38.6 Å². The van der Waals surface area contributed by atoms with Gasteiger partial charge >= 0.3 is 0 Å². The highest BCUT2D eigenvalue weighted by Gasteiger charge is 2.26. The van der Waals surface area contributed by atoms with E-state index in [4.69, 9.17) is 4.98 Å². The normalized spacial score (nSPS) is 15.5. The van der Waals surface area contributed by atoms with Gasteiger partial charge < -0.3 is 10.1 Å². The van der Waals surface area contributed by atoms with Gasteiger partial charge in [-0.15, -0.1) is 0 Å². The quantitative estimate of drug-likeness (QED) is 0.308. The van der Waals surface area contributed by atoms with E-state index in [0.29, 0.717) is 17.7 Å². The van der Waals surface area contributed by atoms with Crippen molar-refractivity contribution in [3.63, 3.8) is 0 Å². The predicted molar refractivity (Wildman–Crippen MR) is 130 cm³/mol. The highest BCUT2D eigenvalue weighted by Crippen LogP contribution is 2.36. The molecule has 3 heterocycles. The van der Waals surface area contributed by atoms with Gasteiger partial charge in [0.05, 0.1) is 0 Å². The Balaban J connectivity index is 1.70. The molecule has 32 heavy (non-hydrogen) atoms. The summed E-state index contributed by atoms with van der Waals surface area (Å²) >= 11 is 0. The SMILES string of the molecule is CC(C)N1CCC(c2cc(-c3ccccc3)c3cc[n+]([O-])c(-c4ccccc4)c3n2)CC1. The standard InChI is InChI=1S/C28H29N3O/c1-20(2)30-16-13-22(14-17-30)26-19-25(21-9-5-3-6-10-21)24-15-18-31(32)28(27(24)29-26)23-11-7-4-8-12-23/h3-12,15,18-20,22H,13-14,16-17H2,1-2H3. The van der Waals surface area contributed by atoms with E-state index in [2.05, 4.69) is 49.1 Å². The van der Waals surface area contributed by atoms with Crippen LogP contribution in [0.5, 0.6) is 0 Å². The van der Waals surface area contributed by atoms with Crippen molar-refractivity contribution < 1.29 is 4.73 Å². The number of hydrogen-bond acceptors (Lipinski definition) is 3. The third-order valence-corrected chi connectivity index (χ3v) is 6.71. The molecular formula is C28H29N3O. The number of pyridine rings is 2. The molecule has 0 saturated carbocycles. The van der Waals surface area contributed by atoms with Gasteiger partial charge in [-0.05, 0) is 69.1 Å². The first kappa shape index (κ1) is 20.7. The van der Waals surface area contributed by atoms with Gasteiger partial charge in [-0.2, -0.15) is 4.73 Å². The summed E-state index contributed by atoms with van der Waals surface area (Å²) in [5, 5.41) is 14.0. The van der Waals surface area contributed by atoms with Gasteiger partial charge in [0.2, 0.25) is 5.69 Å². The molecule has 0 spiro atoms. The number of likely N-dealkylation sites (tertiary alicyclic amines) is 1. The Bertz CT molecular complexity index is 1210. The van der Waals surface area contributed by atoms with Crippen LogP contribution in [0.3, 0.4) is 0 Å². The van der Waals surface area contributed by atoms with Crippen LogP contribution in [0.4, 0.5) is 0 Å². The van der Waals surface area contributed by atoms with Gasteiger partial charge in [0, 0.05) is 34.7 Å². The van der Waals surface area contributed by atoms with E-state index >= 15 is 0 Å². The van der Waals surface area contributed by atoms with Gasteiger partial charge in [0.15, 0.2) is 6.20 Å². The van der Waals surface area contributed by atoms with Crippen LogP contribution in [0.2, 0.25) is 0 Å². The summed E-state index contributed by atoms with van der Waals surface area (Å²) in [4.78, 5) is 7.69. The van der Waals surface area contributed by atoms with Gasteiger partial charge in [0.25, 0.3) is 0 Å². The Labute approximate surface area is 189 Å². The minimum atomic E-state index is 0.404. The fourth-order valence-corrected chi connectivity index (χ4v) is 4.88. The van der Waals surface area contributed by atoms with Crippen LogP contribution in [0.1, 0.15) is 38.3 Å². The zero-order valence-corrected chi connectivity index (χ0v) is 18.7. The van der Waals surface area contributed by atoms with E-state index in [9.17, 15) is 5.21 Å². The predicted octanol–water partition coefficient (Wildman–Crippen LogP) is 5.79. The first-order valence-corrected chi connectivity index (χ1v) is 11.5. The summed E-state index contributed by atoms with van der Waals surface area (Å²) in [7, 11) is 0. The van der Waals surface area contributed by atoms with Crippen molar-refractivity contribution in [3.05, 3.63) is 89.9 Å². The Kier molecular flexibility index (Phi) is 5.62. The third kappa shape index (κ3) is 3.87. The summed E-state index contributed by atoms with van der Waals surface area (Å²) in [6.07, 6.45) is 3.80. The molecule has 4 heteroatoms. The molecule has 4 aromatic rings. The van der Waals surface area contributed by atoms with Crippen LogP contribution >= 0.6 is 0 Å². The van der Waals surface area contributed by atoms with Crippen LogP contribution in [0, 0.1) is 5.21 Å². The number of rotatable bonds is 4. The second-order valence-electron chi connectivity index (χ2n) is 8.98. The number of fused-ring (bicyclic) bond motifs is 1. The molecule has 0 bridgehead atoms. The van der Waals surface area contributed by atoms with Crippen molar-refractivity contribution in [1.82, 2.24) is 9.88 Å². The Morgan fingerprint density at radius 1 is 0.906 bits per heavy atom. The maximum Gasteiger partial charge on any atom is 0.250 e. The van der Waals surface area contributed by atoms with Crippen molar-refractivity contribution in [2.24, 2.45) is 0 Å². The number of aromatic nitrogens is 2. The molecule has 0 radical (unpaired) electrons. The second kappa shape index (κ2) is 8.71. The molecule has 5 rings (SSSR count). The molecule has 0 N–H and O–H groups in total. The van der Waals surface area contributed by atoms with Crippen molar-refractivity contribution in [2.75, 3.05) is 13.1 Å². The number of nitrogens with zero attached hydrogens (tertiary/aromatic N) is 3. The molecule has 0 atom stereocenters. The first-order chi connectivity index (χ1) is 15.6. The van der Waals surface area contributed by atoms with Gasteiger partial charge in [-0.1, -0.05) is 48.5 Å². The van der Waals surface area contributed by atoms with Crippen LogP contribution in [-0.4, -0.2) is 29.0 Å². The average molecular weight is 424 g/mol. The van der Waals surface area contributed by atoms with E-state index in [-0.39, 0.29) is 0 Å². The number of benzene rings is 2. The molecule has 0 unspecified atom stereocenters. The van der Waals surface area contributed by atoms with Crippen molar-refractivity contribution in [3.8, 4) is 22.4 Å². The molecule has 0 aliphatic carbocycles. The lowest BCUT2D eigenvalue weighted by Crippen LogP contribution is -2.38. The minimum Gasteiger partial charge on any atom is -0.618 e. The lowest BCUT2D eigenvalue weighted by Gasteiger charge is -2.34. The largest absolute Gasteiger partial charge is 0.618 e. The van der Waals surface area contributed by atoms with Crippen LogP contribution in [-0.2, 0) is 0 Å². The molecule has 2 aromatic carbocycles. The Morgan fingerprint density at radius 3 is 2.16 bits per heavy atom. The van der Waals surface area contributed by atoms with Crippen LogP contribution in [0.25, 0.3) is 33.3 Å². The molecular weight excluding hydrogens is 394 g/mol. The lowest BCUT2D eigenvalue weighted by molar-refractivity contribution is -0.592. The topological polar surface area (TPSA) is 43.1 Å². The van der Waals surface area contributed by atoms with Gasteiger partial charge in [0.1, 0.15) is 5.52 Å². The van der Waals surface area contributed by atoms with Crippen LogP contribution < -0.4 is 4.73 Å². The molecule has 1 aliphatic heterocycles. The molecule has 4 nitrogen and oxygen atoms in total. The molecule has 1 aliphatic rings. The average Bonchev–Trinajstić information content (AvgIpc) is 2.84. The highest BCUT2D eigenvalue weighted by atomic mass is 16.5. The Hall–Kier alpha value is -3.24. The monoisotopic (exact) mass is 423 g/mol. The van der Waals surface area contributed by atoms with E-state index in [1.54, 1.807) is 6.20 Å². The second-order valence-corrected chi connectivity index (χ2v) is 8.98. The summed E-state index contributed by atoms with van der Waals surface area (Å²) < 4.78 is 0.963. The fourth-order valence-electron chi connectivity index (χ4n) is 4.88. The minimum absolute atomic E-state index is 0.404. The van der Waals surface area contributed by atoms with E-state index < -0.39 is 0 Å². The van der Waals surface area contributed by atoms with E-state index in [0.717, 1.165) is 63.9 Å². The van der Waals surface area contributed by atoms with Gasteiger partial charge in [-0.25, -0.2) is 4.98 Å². The molecule has 162 valence electrons. The molecule has 1 saturated heterocycles. The molecule has 2 aromatic heterocycles. The maximum atomic E-state index is 13.0. The third-order valence-electron chi connectivity index (χ3n) is 6.71. The fraction of sp³-hybridized carbons (Fsp3) is 0.286. The summed E-state index contributed by atoms with van der Waals surface area (Å²) in [5.41, 5.74) is 5.71. The van der Waals surface area contributed by atoms with E-state index in [1.807, 2.05) is 42.5 Å². The number of piperidine rings is 1. The van der Waals surface area contributed by atoms with Gasteiger partial charge in [-0.3, -0.25) is 0 Å².